The number of amides is 1. The fraction of sp³-hybridized carbons (Fsp3) is 0.204. The predicted octanol–water partition coefficient (Wildman–Crippen LogP) is 19.1. The van der Waals surface area contributed by atoms with E-state index >= 15 is 0 Å². The van der Waals surface area contributed by atoms with Gasteiger partial charge < -0.3 is 38.0 Å². The maximum Gasteiger partial charge on any atom is 0.327 e. The Morgan fingerprint density at radius 1 is 0.511 bits per heavy atom. The number of methoxy groups -OCH3 is 2. The summed E-state index contributed by atoms with van der Waals surface area (Å²) in [5.74, 6) is -3.42. The average molecular weight is 2090 g/mol. The van der Waals surface area contributed by atoms with Gasteiger partial charge in [-0.25, -0.2) is 23.7 Å². The number of halogens is 8. The molecule has 2 N–H and O–H groups in total. The van der Waals surface area contributed by atoms with Gasteiger partial charge in [-0.15, -0.1) is 0 Å². The van der Waals surface area contributed by atoms with Crippen molar-refractivity contribution in [2.75, 3.05) is 27.3 Å². The second-order valence-corrected chi connectivity index (χ2v) is 35.2. The van der Waals surface area contributed by atoms with Crippen molar-refractivity contribution < 1.29 is 71.3 Å². The lowest BCUT2D eigenvalue weighted by Crippen LogP contribution is -2.43. The van der Waals surface area contributed by atoms with Gasteiger partial charge >= 0.3 is 17.9 Å². The Hall–Kier alpha value is -14.7. The number of benzene rings is 4. The molecule has 2 aliphatic rings. The molecule has 0 unspecified atom stereocenters. The molecule has 1 amide bonds. The summed E-state index contributed by atoms with van der Waals surface area (Å²) in [7, 11) is 2.63. The number of imidazole rings is 1. The zero-order valence-electron chi connectivity index (χ0n) is 74.7. The smallest absolute Gasteiger partial charge is 0.327 e. The molecule has 2 saturated heterocycles. The number of aliphatic carboxylic acids is 1. The van der Waals surface area contributed by atoms with Crippen LogP contribution in [0.3, 0.4) is 0 Å². The molecule has 41 heteroatoms. The van der Waals surface area contributed by atoms with Crippen molar-refractivity contribution in [3.05, 3.63) is 305 Å². The quantitative estimate of drug-likeness (QED) is 0.0150. The predicted molar refractivity (Wildman–Crippen MR) is 528 cm³/mol. The van der Waals surface area contributed by atoms with Crippen LogP contribution < -0.4 is 5.32 Å². The van der Waals surface area contributed by atoms with Crippen molar-refractivity contribution in [2.45, 2.75) is 104 Å². The Bertz CT molecular complexity index is 7780. The molecule has 0 radical (unpaired) electrons. The highest BCUT2D eigenvalue weighted by atomic mass is 79.9. The first kappa shape index (κ1) is 100. The molecule has 17 aromatic rings. The average Bonchev–Trinajstić information content (AvgIpc) is 1.60. The zero-order chi connectivity index (χ0) is 99.3. The summed E-state index contributed by atoms with van der Waals surface area (Å²) in [6, 6.07) is 49.7. The summed E-state index contributed by atoms with van der Waals surface area (Å²) >= 11 is 30.6. The first-order valence-electron chi connectivity index (χ1n) is 42.6. The number of nitrogens with one attached hydrogen (secondary N) is 1. The van der Waals surface area contributed by atoms with Gasteiger partial charge in [-0.3, -0.25) is 71.7 Å². The van der Waals surface area contributed by atoms with Crippen molar-refractivity contribution in [1.29, 1.82) is 0 Å². The summed E-state index contributed by atoms with van der Waals surface area (Å²) in [4.78, 5) is 142. The molecule has 4 aromatic carbocycles. The lowest BCUT2D eigenvalue weighted by Gasteiger charge is -2.23. The van der Waals surface area contributed by atoms with E-state index in [1.54, 1.807) is 114 Å². The number of carbonyl (C=O) groups is 10. The summed E-state index contributed by atoms with van der Waals surface area (Å²) in [6.45, 7) is 8.66. The van der Waals surface area contributed by atoms with Crippen LogP contribution >= 0.6 is 78.3 Å². The van der Waals surface area contributed by atoms with E-state index in [-0.39, 0.29) is 117 Å². The van der Waals surface area contributed by atoms with E-state index in [0.717, 1.165) is 44.4 Å². The number of alkyl halides is 2. The number of hydrogen-bond acceptors (Lipinski definition) is 22. The minimum absolute atomic E-state index is 0.00532. The first-order chi connectivity index (χ1) is 66.6. The van der Waals surface area contributed by atoms with Gasteiger partial charge in [-0.05, 0) is 163 Å². The summed E-state index contributed by atoms with van der Waals surface area (Å²) in [5.41, 5.74) is 21.5. The van der Waals surface area contributed by atoms with E-state index in [4.69, 9.17) is 61.7 Å². The van der Waals surface area contributed by atoms with Gasteiger partial charge in [0.05, 0.1) is 85.2 Å². The SMILES string of the molecule is C=C(N=[N+]=[N-])c1cccc(Cl)c1.CC(=O)c1nn(CC(=O)N2C[C@H](F)C[C@H]2C(=O)Cc2cccc(Br)n2)c2c1ccn1cc(-c3cccc(Cl)c3)nc21.CC(=O)c1nn(CC(=O)O)c2c1ccn1cc(-c3cccc(Cl)c3)cc21.COC(=O)Cn1nc(C(C)=O)c2ccn3cc(-c4cccc(Cl)c4)cc3c21.COC(=O)Cn1nc(C(C)=O)c2ccncc21.O=C(Cc1cccc(Br)n1)[C@@H]1C[C@@H](F)CN1. The number of pyridine rings is 6. The lowest BCUT2D eigenvalue weighted by atomic mass is 10.0. The summed E-state index contributed by atoms with van der Waals surface area (Å²) in [5, 5.41) is 37.6. The molecule has 13 aromatic heterocycles. The fourth-order valence-corrected chi connectivity index (χ4v) is 17.4. The van der Waals surface area contributed by atoms with Crippen LogP contribution in [0.5, 0.6) is 0 Å². The molecule has 2 aliphatic heterocycles. The minimum atomic E-state index is -1.33. The number of esters is 2. The second kappa shape index (κ2) is 44.6. The van der Waals surface area contributed by atoms with E-state index < -0.39 is 42.2 Å². The van der Waals surface area contributed by atoms with E-state index in [1.165, 1.54) is 65.5 Å². The number of nitrogens with zero attached hydrogens (tertiary/aromatic N) is 19. The normalized spacial score (nSPS) is 14.2. The number of carboxylic acids is 1. The number of carboxylic acid groups (broad SMARTS) is 1. The molecule has 15 heterocycles. The molecule has 708 valence electrons. The van der Waals surface area contributed by atoms with E-state index in [2.05, 4.69) is 93.9 Å². The number of rotatable bonds is 23. The molecule has 2 fully saturated rings. The number of ketones is 6. The van der Waals surface area contributed by atoms with E-state index in [1.807, 2.05) is 119 Å². The molecule has 0 aliphatic carbocycles. The topological polar surface area (TPSA) is 409 Å². The van der Waals surface area contributed by atoms with E-state index in [9.17, 15) is 61.8 Å². The van der Waals surface area contributed by atoms with Gasteiger partial charge in [0.2, 0.25) is 5.91 Å². The van der Waals surface area contributed by atoms with Gasteiger partial charge in [-0.2, -0.15) is 20.4 Å². The van der Waals surface area contributed by atoms with Gasteiger partial charge in [0.1, 0.15) is 76.0 Å². The highest BCUT2D eigenvalue weighted by Crippen LogP contribution is 2.36. The Morgan fingerprint density at radius 2 is 0.971 bits per heavy atom. The number of fused-ring (bicyclic) bond motifs is 10. The summed E-state index contributed by atoms with van der Waals surface area (Å²) < 4.78 is 49.5. The van der Waals surface area contributed by atoms with Crippen LogP contribution in [0.2, 0.25) is 20.1 Å². The van der Waals surface area contributed by atoms with Gasteiger partial charge in [0.15, 0.2) is 40.3 Å². The van der Waals surface area contributed by atoms with Crippen LogP contribution in [0, 0.1) is 0 Å². The molecule has 19 rings (SSSR count). The standard InChI is InChI=1S/C29H23BrClFN6O3.C20H16ClN3O3.C19H14ClN3O3.C11H12BrFN2O.C11H11N3O3.C8H6ClN3/c1-16(39)27-21-8-9-36-14-22(17-4-2-5-18(31)10-17)34-29(36)28(21)38(35-27)15-26(41)37-13-19(32)11-23(37)24(40)12-20-6-3-7-25(30)33-20;1-12(25)19-16-6-7-23-10-14(13-4-3-5-15(21)8-13)9-17(23)20(16)24(22-19)11-18(26)27-2;1-11(24)18-15-5-6-22-9-13(12-3-2-4-14(20)7-12)8-16(22)19(15)23(21-18)10-17(25)26;12-11-3-1-2-8(15-11)5-10(16)9-4-7(13)6-14-9;1-7(15)11-8-3-4-12-5-9(8)14(13-11)6-10(16)17-2;1-6(11-12-10)7-3-2-4-8(9)5-7/h2-10,14,19,23H,11-13,15H2,1H3;3-10H,11H2,1-2H3;2-9H,10H2,1H3,(H,25,26);1-3,7,9,14H,4-6H2;3-5H,6H2,1-2H3;2-5H,1H2/t19-,23+;;;7-,9+;;/m1..1../s1. The second-order valence-electron chi connectivity index (χ2n) is 31.9. The lowest BCUT2D eigenvalue weighted by molar-refractivity contribution is -0.142. The van der Waals surface area contributed by atoms with Crippen molar-refractivity contribution in [1.82, 2.24) is 82.5 Å². The molecule has 33 nitrogen and oxygen atoms in total. The maximum atomic E-state index is 14.6. The van der Waals surface area contributed by atoms with Crippen molar-refractivity contribution in [2.24, 2.45) is 5.11 Å². The minimum Gasteiger partial charge on any atom is -0.480 e. The number of carbonyl (C=O) groups excluding carboxylic acids is 9. The third-order valence-corrected chi connectivity index (χ3v) is 24.0. The number of azide groups is 1. The van der Waals surface area contributed by atoms with Crippen molar-refractivity contribution in [3.63, 3.8) is 0 Å². The Kier molecular flexibility index (Phi) is 32.2. The van der Waals surface area contributed by atoms with Crippen LogP contribution in [0.4, 0.5) is 8.78 Å². The molecule has 4 atom stereocenters. The molecule has 0 bridgehead atoms. The van der Waals surface area contributed by atoms with Crippen molar-refractivity contribution >= 4 is 203 Å². The molecular weight excluding hydrogens is 2000 g/mol. The number of aromatic nitrogens is 15. The van der Waals surface area contributed by atoms with Crippen LogP contribution in [-0.2, 0) is 77.3 Å². The van der Waals surface area contributed by atoms with Crippen LogP contribution in [-0.4, -0.2) is 193 Å². The highest BCUT2D eigenvalue weighted by Gasteiger charge is 2.40. The Labute approximate surface area is 826 Å². The largest absolute Gasteiger partial charge is 0.480 e. The summed E-state index contributed by atoms with van der Waals surface area (Å²) in [6.07, 6.45) is 12.6. The number of hydrogen-bond donors (Lipinski definition) is 2. The highest BCUT2D eigenvalue weighted by molar-refractivity contribution is 9.10. The monoisotopic (exact) mass is 2080 g/mol. The van der Waals surface area contributed by atoms with Crippen LogP contribution in [0.25, 0.3) is 110 Å². The zero-order valence-corrected chi connectivity index (χ0v) is 80.9. The molecule has 0 spiro atoms. The third-order valence-electron chi connectivity index (χ3n) is 22.2. The molecular formula is C98H82Br2Cl4F2N20O13. The maximum absolute atomic E-state index is 14.6. The Morgan fingerprint density at radius 3 is 1.46 bits per heavy atom. The third kappa shape index (κ3) is 23.9. The molecule has 0 saturated carbocycles. The first-order valence-corrected chi connectivity index (χ1v) is 45.7. The van der Waals surface area contributed by atoms with Crippen molar-refractivity contribution in [3.8, 4) is 33.5 Å². The van der Waals surface area contributed by atoms with Crippen LogP contribution in [0.1, 0.15) is 99.4 Å². The van der Waals surface area contributed by atoms with Gasteiger partial charge in [0.25, 0.3) is 0 Å². The van der Waals surface area contributed by atoms with E-state index in [0.29, 0.717) is 113 Å². The fourth-order valence-electron chi connectivity index (χ4n) is 15.9. The number of ether oxygens (including phenoxy) is 2. The number of likely N-dealkylation sites (tertiary alicyclic amines) is 1. The van der Waals surface area contributed by atoms with Gasteiger partial charge in [-0.1, -0.05) is 119 Å². The van der Waals surface area contributed by atoms with Crippen LogP contribution in [0.15, 0.2) is 240 Å². The van der Waals surface area contributed by atoms with Gasteiger partial charge in [0, 0.05) is 171 Å². The Balaban J connectivity index is 0.000000139. The number of Topliss-reactive ketones (excluding diaryl/α,β-unsaturated/α-hetero) is 6. The molecule has 139 heavy (non-hydrogen) atoms.